The second kappa shape index (κ2) is 3.98. The van der Waals surface area contributed by atoms with Crippen molar-refractivity contribution in [1.29, 1.82) is 0 Å². The molecule has 0 aliphatic rings. The minimum atomic E-state index is 0.412. The zero-order chi connectivity index (χ0) is 10.8. The van der Waals surface area contributed by atoms with Crippen molar-refractivity contribution in [2.24, 2.45) is 0 Å². The van der Waals surface area contributed by atoms with Crippen molar-refractivity contribution in [3.63, 3.8) is 0 Å². The quantitative estimate of drug-likeness (QED) is 0.784. The summed E-state index contributed by atoms with van der Waals surface area (Å²) in [6, 6.07) is 1.90. The molecule has 0 aliphatic heterocycles. The second-order valence-corrected chi connectivity index (χ2v) is 3.95. The molecule has 0 saturated carbocycles. The standard InChI is InChI=1S/C10H11ClN4/c1-7(2)8-5-9(11)10(12-6-8)15-13-3-4-14-15/h3-7H,1-2H3. The molecule has 0 spiro atoms. The Bertz CT molecular complexity index is 450. The molecule has 0 amide bonds. The normalized spacial score (nSPS) is 10.9. The van der Waals surface area contributed by atoms with Crippen molar-refractivity contribution in [3.8, 4) is 5.82 Å². The fourth-order valence-corrected chi connectivity index (χ4v) is 1.48. The lowest BCUT2D eigenvalue weighted by Crippen LogP contribution is -2.03. The number of hydrogen-bond acceptors (Lipinski definition) is 3. The van der Waals surface area contributed by atoms with Gasteiger partial charge in [0, 0.05) is 6.20 Å². The molecule has 78 valence electrons. The van der Waals surface area contributed by atoms with Crippen LogP contribution < -0.4 is 0 Å². The van der Waals surface area contributed by atoms with Gasteiger partial charge in [-0.05, 0) is 17.5 Å². The molecule has 2 aromatic rings. The zero-order valence-electron chi connectivity index (χ0n) is 8.55. The third-order valence-electron chi connectivity index (χ3n) is 2.12. The molecule has 2 heterocycles. The van der Waals surface area contributed by atoms with Gasteiger partial charge in [-0.2, -0.15) is 10.2 Å². The van der Waals surface area contributed by atoms with E-state index in [-0.39, 0.29) is 0 Å². The summed E-state index contributed by atoms with van der Waals surface area (Å²) in [7, 11) is 0. The third-order valence-corrected chi connectivity index (χ3v) is 2.40. The number of halogens is 1. The number of pyridine rings is 1. The minimum absolute atomic E-state index is 0.412. The van der Waals surface area contributed by atoms with Gasteiger partial charge in [-0.1, -0.05) is 25.4 Å². The number of hydrogen-bond donors (Lipinski definition) is 0. The summed E-state index contributed by atoms with van der Waals surface area (Å²) >= 11 is 6.10. The summed E-state index contributed by atoms with van der Waals surface area (Å²) in [5, 5.41) is 8.53. The molecule has 0 unspecified atom stereocenters. The van der Waals surface area contributed by atoms with Crippen molar-refractivity contribution in [2.45, 2.75) is 19.8 Å². The van der Waals surface area contributed by atoms with Gasteiger partial charge >= 0.3 is 0 Å². The van der Waals surface area contributed by atoms with Crippen molar-refractivity contribution in [2.75, 3.05) is 0 Å². The third kappa shape index (κ3) is 1.99. The van der Waals surface area contributed by atoms with Crippen LogP contribution >= 0.6 is 11.6 Å². The number of rotatable bonds is 2. The van der Waals surface area contributed by atoms with Crippen LogP contribution in [0.5, 0.6) is 0 Å². The number of aromatic nitrogens is 4. The van der Waals surface area contributed by atoms with Crippen molar-refractivity contribution >= 4 is 11.6 Å². The van der Waals surface area contributed by atoms with Gasteiger partial charge < -0.3 is 0 Å². The van der Waals surface area contributed by atoms with Gasteiger partial charge in [0.15, 0.2) is 5.82 Å². The highest BCUT2D eigenvalue weighted by atomic mass is 35.5. The highest BCUT2D eigenvalue weighted by molar-refractivity contribution is 6.32. The Kier molecular flexibility index (Phi) is 2.68. The van der Waals surface area contributed by atoms with Gasteiger partial charge in [-0.15, -0.1) is 4.80 Å². The maximum atomic E-state index is 6.10. The van der Waals surface area contributed by atoms with Crippen LogP contribution in [-0.2, 0) is 0 Å². The van der Waals surface area contributed by atoms with Gasteiger partial charge in [0.2, 0.25) is 0 Å². The van der Waals surface area contributed by atoms with Gasteiger partial charge in [0.1, 0.15) is 0 Å². The average Bonchev–Trinajstić information content (AvgIpc) is 2.70. The van der Waals surface area contributed by atoms with Crippen LogP contribution in [0.25, 0.3) is 5.82 Å². The monoisotopic (exact) mass is 222 g/mol. The Balaban J connectivity index is 2.44. The van der Waals surface area contributed by atoms with Crippen molar-refractivity contribution in [1.82, 2.24) is 20.0 Å². The van der Waals surface area contributed by atoms with E-state index in [1.54, 1.807) is 18.6 Å². The lowest BCUT2D eigenvalue weighted by molar-refractivity contribution is 0.725. The predicted molar refractivity (Wildman–Crippen MR) is 58.3 cm³/mol. The van der Waals surface area contributed by atoms with Crippen LogP contribution in [-0.4, -0.2) is 20.0 Å². The van der Waals surface area contributed by atoms with Gasteiger partial charge in [0.05, 0.1) is 17.4 Å². The van der Waals surface area contributed by atoms with Gasteiger partial charge in [-0.3, -0.25) is 0 Å². The van der Waals surface area contributed by atoms with Crippen molar-refractivity contribution in [3.05, 3.63) is 35.2 Å². The van der Waals surface area contributed by atoms with E-state index < -0.39 is 0 Å². The van der Waals surface area contributed by atoms with Crippen LogP contribution in [0.3, 0.4) is 0 Å². The van der Waals surface area contributed by atoms with Crippen LogP contribution in [0.4, 0.5) is 0 Å². The van der Waals surface area contributed by atoms with E-state index >= 15 is 0 Å². The first-order valence-corrected chi connectivity index (χ1v) is 5.08. The van der Waals surface area contributed by atoms with Crippen LogP contribution in [0.2, 0.25) is 5.02 Å². The molecule has 0 atom stereocenters. The summed E-state index contributed by atoms with van der Waals surface area (Å²) in [5.74, 6) is 0.973. The zero-order valence-corrected chi connectivity index (χ0v) is 9.31. The van der Waals surface area contributed by atoms with E-state index in [2.05, 4.69) is 29.0 Å². The molecule has 2 rings (SSSR count). The molecular weight excluding hydrogens is 212 g/mol. The molecule has 15 heavy (non-hydrogen) atoms. The average molecular weight is 223 g/mol. The maximum Gasteiger partial charge on any atom is 0.193 e. The summed E-state index contributed by atoms with van der Waals surface area (Å²) in [6.45, 7) is 4.19. The molecule has 0 fully saturated rings. The Hall–Kier alpha value is -1.42. The number of nitrogens with zero attached hydrogens (tertiary/aromatic N) is 4. The molecule has 0 aromatic carbocycles. The molecule has 2 aromatic heterocycles. The lowest BCUT2D eigenvalue weighted by atomic mass is 10.1. The molecule has 4 nitrogen and oxygen atoms in total. The Morgan fingerprint density at radius 1 is 1.27 bits per heavy atom. The Labute approximate surface area is 92.9 Å². The van der Waals surface area contributed by atoms with Crippen LogP contribution in [0.1, 0.15) is 25.3 Å². The fraction of sp³-hybridized carbons (Fsp3) is 0.300. The van der Waals surface area contributed by atoms with Crippen LogP contribution in [0.15, 0.2) is 24.7 Å². The summed E-state index contributed by atoms with van der Waals surface area (Å²) in [5.41, 5.74) is 1.11. The molecule has 5 heteroatoms. The van der Waals surface area contributed by atoms with E-state index in [0.717, 1.165) is 5.56 Å². The summed E-state index contributed by atoms with van der Waals surface area (Å²) in [4.78, 5) is 5.66. The smallest absolute Gasteiger partial charge is 0.193 e. The van der Waals surface area contributed by atoms with E-state index in [4.69, 9.17) is 11.6 Å². The lowest BCUT2D eigenvalue weighted by Gasteiger charge is -2.07. The fourth-order valence-electron chi connectivity index (χ4n) is 1.23. The topological polar surface area (TPSA) is 43.6 Å². The van der Waals surface area contributed by atoms with E-state index in [1.165, 1.54) is 4.80 Å². The van der Waals surface area contributed by atoms with Gasteiger partial charge in [-0.25, -0.2) is 4.98 Å². The van der Waals surface area contributed by atoms with E-state index in [1.807, 2.05) is 6.07 Å². The second-order valence-electron chi connectivity index (χ2n) is 3.55. The Morgan fingerprint density at radius 3 is 2.47 bits per heavy atom. The largest absolute Gasteiger partial charge is 0.234 e. The van der Waals surface area contributed by atoms with E-state index in [0.29, 0.717) is 16.8 Å². The maximum absolute atomic E-state index is 6.10. The van der Waals surface area contributed by atoms with E-state index in [9.17, 15) is 0 Å². The molecule has 0 bridgehead atoms. The molecule has 0 radical (unpaired) electrons. The van der Waals surface area contributed by atoms with Crippen LogP contribution in [0, 0.1) is 0 Å². The Morgan fingerprint density at radius 2 is 1.93 bits per heavy atom. The highest BCUT2D eigenvalue weighted by Gasteiger charge is 2.08. The minimum Gasteiger partial charge on any atom is -0.234 e. The summed E-state index contributed by atoms with van der Waals surface area (Å²) < 4.78 is 0. The van der Waals surface area contributed by atoms with Crippen molar-refractivity contribution < 1.29 is 0 Å². The molecule has 0 N–H and O–H groups in total. The highest BCUT2D eigenvalue weighted by Crippen LogP contribution is 2.22. The molecular formula is C10H11ClN4. The SMILES string of the molecule is CC(C)c1cnc(-n2nccn2)c(Cl)c1. The molecule has 0 aliphatic carbocycles. The summed E-state index contributed by atoms with van der Waals surface area (Å²) in [6.07, 6.45) is 4.98. The first-order valence-electron chi connectivity index (χ1n) is 4.70. The first-order chi connectivity index (χ1) is 7.18. The van der Waals surface area contributed by atoms with Gasteiger partial charge in [0.25, 0.3) is 0 Å². The predicted octanol–water partition coefficient (Wildman–Crippen LogP) is 2.44. The molecule has 0 saturated heterocycles. The first kappa shape index (κ1) is 10.1.